The van der Waals surface area contributed by atoms with E-state index in [0.717, 1.165) is 5.56 Å². The number of hydrogen-bond acceptors (Lipinski definition) is 3. The first kappa shape index (κ1) is 12.3. The summed E-state index contributed by atoms with van der Waals surface area (Å²) in [4.78, 5) is 22.6. The van der Waals surface area contributed by atoms with E-state index >= 15 is 0 Å². The molecule has 96 valence electrons. The summed E-state index contributed by atoms with van der Waals surface area (Å²) in [6.07, 6.45) is 7.86. The molecule has 1 saturated heterocycles. The molecule has 1 atom stereocenters. The Morgan fingerprint density at radius 2 is 2.50 bits per heavy atom. The molecule has 6 heteroatoms. The Morgan fingerprint density at radius 3 is 3.11 bits per heavy atom. The molecule has 1 aromatic rings. The zero-order valence-electron chi connectivity index (χ0n) is 10.2. The summed E-state index contributed by atoms with van der Waals surface area (Å²) in [6, 6.07) is 0.0220. The lowest BCUT2D eigenvalue weighted by molar-refractivity contribution is -0.124. The van der Waals surface area contributed by atoms with Crippen LogP contribution in [0.1, 0.15) is 18.4 Å². The van der Waals surface area contributed by atoms with Gasteiger partial charge in [0.2, 0.25) is 11.8 Å². The van der Waals surface area contributed by atoms with E-state index in [-0.39, 0.29) is 17.9 Å². The summed E-state index contributed by atoms with van der Waals surface area (Å²) in [5.41, 5.74) is 0.879. The van der Waals surface area contributed by atoms with Crippen molar-refractivity contribution in [3.8, 4) is 0 Å². The molecule has 1 fully saturated rings. The average Bonchev–Trinajstić information content (AvgIpc) is 2.76. The van der Waals surface area contributed by atoms with Crippen LogP contribution >= 0.6 is 0 Å². The molecule has 0 aliphatic carbocycles. The van der Waals surface area contributed by atoms with Gasteiger partial charge in [0.05, 0.1) is 6.20 Å². The maximum absolute atomic E-state index is 11.6. The molecule has 0 radical (unpaired) electrons. The van der Waals surface area contributed by atoms with Gasteiger partial charge in [-0.15, -0.1) is 0 Å². The van der Waals surface area contributed by atoms with E-state index in [1.54, 1.807) is 17.0 Å². The Balaban J connectivity index is 1.81. The van der Waals surface area contributed by atoms with Crippen LogP contribution < -0.4 is 10.6 Å². The fourth-order valence-corrected chi connectivity index (χ4v) is 1.80. The Labute approximate surface area is 105 Å². The number of nitrogens with one attached hydrogen (secondary N) is 2. The molecule has 18 heavy (non-hydrogen) atoms. The highest BCUT2D eigenvalue weighted by atomic mass is 16.2. The van der Waals surface area contributed by atoms with Gasteiger partial charge in [-0.25, -0.2) is 0 Å². The monoisotopic (exact) mass is 248 g/mol. The van der Waals surface area contributed by atoms with Gasteiger partial charge < -0.3 is 10.6 Å². The van der Waals surface area contributed by atoms with Crippen LogP contribution in [0.2, 0.25) is 0 Å². The first-order valence-corrected chi connectivity index (χ1v) is 5.87. The topological polar surface area (TPSA) is 76.0 Å². The van der Waals surface area contributed by atoms with Crippen molar-refractivity contribution >= 4 is 17.9 Å². The van der Waals surface area contributed by atoms with Crippen LogP contribution in [-0.4, -0.2) is 34.2 Å². The number of amides is 2. The minimum Gasteiger partial charge on any atom is -0.354 e. The fourth-order valence-electron chi connectivity index (χ4n) is 1.80. The zero-order chi connectivity index (χ0) is 13.0. The van der Waals surface area contributed by atoms with Crippen molar-refractivity contribution in [2.75, 3.05) is 6.54 Å². The fraction of sp³-hybridized carbons (Fsp3) is 0.417. The SMILES string of the molecule is Cn1cc(/C=C/C(=O)NC2CCC(=O)NC2)cn1. The molecule has 0 aromatic carbocycles. The largest absolute Gasteiger partial charge is 0.354 e. The van der Waals surface area contributed by atoms with Crippen molar-refractivity contribution in [2.24, 2.45) is 7.05 Å². The Bertz CT molecular complexity index is 468. The lowest BCUT2D eigenvalue weighted by Gasteiger charge is -2.22. The highest BCUT2D eigenvalue weighted by Crippen LogP contribution is 2.03. The maximum Gasteiger partial charge on any atom is 0.244 e. The van der Waals surface area contributed by atoms with Crippen LogP contribution in [0.5, 0.6) is 0 Å². The van der Waals surface area contributed by atoms with E-state index in [0.29, 0.717) is 19.4 Å². The number of aryl methyl sites for hydroxylation is 1. The minimum absolute atomic E-state index is 0.0220. The molecular formula is C12H16N4O2. The van der Waals surface area contributed by atoms with Crippen molar-refractivity contribution in [3.05, 3.63) is 24.0 Å². The second-order valence-corrected chi connectivity index (χ2v) is 4.33. The Hall–Kier alpha value is -2.11. The van der Waals surface area contributed by atoms with E-state index in [2.05, 4.69) is 15.7 Å². The quantitative estimate of drug-likeness (QED) is 0.729. The van der Waals surface area contributed by atoms with Crippen molar-refractivity contribution < 1.29 is 9.59 Å². The molecule has 1 unspecified atom stereocenters. The Kier molecular flexibility index (Phi) is 3.76. The molecule has 6 nitrogen and oxygen atoms in total. The standard InChI is InChI=1S/C12H16N4O2/c1-16-8-9(6-14-16)2-4-12(18)15-10-3-5-11(17)13-7-10/h2,4,6,8,10H,3,5,7H2,1H3,(H,13,17)(H,15,18)/b4-2+. The molecule has 0 bridgehead atoms. The number of nitrogens with zero attached hydrogens (tertiary/aromatic N) is 2. The summed E-state index contributed by atoms with van der Waals surface area (Å²) in [6.45, 7) is 0.505. The van der Waals surface area contributed by atoms with Crippen LogP contribution in [0, 0.1) is 0 Å². The van der Waals surface area contributed by atoms with Crippen LogP contribution in [-0.2, 0) is 16.6 Å². The van der Waals surface area contributed by atoms with Crippen molar-refractivity contribution in [3.63, 3.8) is 0 Å². The van der Waals surface area contributed by atoms with Gasteiger partial charge in [-0.05, 0) is 12.5 Å². The Morgan fingerprint density at radius 1 is 1.67 bits per heavy atom. The molecule has 1 aromatic heterocycles. The van der Waals surface area contributed by atoms with Crippen LogP contribution in [0.3, 0.4) is 0 Å². The van der Waals surface area contributed by atoms with Crippen molar-refractivity contribution in [1.29, 1.82) is 0 Å². The second kappa shape index (κ2) is 5.48. The average molecular weight is 248 g/mol. The van der Waals surface area contributed by atoms with Crippen molar-refractivity contribution in [1.82, 2.24) is 20.4 Å². The van der Waals surface area contributed by atoms with E-state index in [1.807, 2.05) is 13.2 Å². The molecule has 2 N–H and O–H groups in total. The zero-order valence-corrected chi connectivity index (χ0v) is 10.2. The molecule has 2 rings (SSSR count). The van der Waals surface area contributed by atoms with Gasteiger partial charge in [0.1, 0.15) is 0 Å². The summed E-state index contributed by atoms with van der Waals surface area (Å²) in [5.74, 6) is -0.105. The van der Waals surface area contributed by atoms with Crippen LogP contribution in [0.4, 0.5) is 0 Å². The maximum atomic E-state index is 11.6. The van der Waals surface area contributed by atoms with Crippen molar-refractivity contribution in [2.45, 2.75) is 18.9 Å². The van der Waals surface area contributed by atoms with E-state index < -0.39 is 0 Å². The van der Waals surface area contributed by atoms with Gasteiger partial charge in [-0.3, -0.25) is 14.3 Å². The molecule has 0 spiro atoms. The van der Waals surface area contributed by atoms with Gasteiger partial charge in [-0.1, -0.05) is 0 Å². The number of hydrogen-bond donors (Lipinski definition) is 2. The summed E-state index contributed by atoms with van der Waals surface area (Å²) < 4.78 is 1.67. The third-order valence-corrected chi connectivity index (χ3v) is 2.76. The molecule has 1 aliphatic heterocycles. The first-order chi connectivity index (χ1) is 8.63. The third-order valence-electron chi connectivity index (χ3n) is 2.76. The van der Waals surface area contributed by atoms with Gasteiger partial charge >= 0.3 is 0 Å². The summed E-state index contributed by atoms with van der Waals surface area (Å²) in [7, 11) is 1.82. The highest BCUT2D eigenvalue weighted by molar-refractivity contribution is 5.92. The molecule has 2 amide bonds. The predicted octanol–water partition coefficient (Wildman–Crippen LogP) is -0.172. The highest BCUT2D eigenvalue weighted by Gasteiger charge is 2.18. The third kappa shape index (κ3) is 3.44. The minimum atomic E-state index is -0.153. The smallest absolute Gasteiger partial charge is 0.244 e. The number of carbonyl (C=O) groups is 2. The molecule has 0 saturated carbocycles. The van der Waals surface area contributed by atoms with Gasteiger partial charge in [0.25, 0.3) is 0 Å². The van der Waals surface area contributed by atoms with Gasteiger partial charge in [0, 0.05) is 43.9 Å². The summed E-state index contributed by atoms with van der Waals surface area (Å²) >= 11 is 0. The molecular weight excluding hydrogens is 232 g/mol. The predicted molar refractivity (Wildman–Crippen MR) is 66.4 cm³/mol. The van der Waals surface area contributed by atoms with E-state index in [9.17, 15) is 9.59 Å². The number of carbonyl (C=O) groups excluding carboxylic acids is 2. The van der Waals surface area contributed by atoms with Crippen LogP contribution in [0.25, 0.3) is 6.08 Å². The van der Waals surface area contributed by atoms with Gasteiger partial charge in [0.15, 0.2) is 0 Å². The number of rotatable bonds is 3. The van der Waals surface area contributed by atoms with Gasteiger partial charge in [-0.2, -0.15) is 5.10 Å². The van der Waals surface area contributed by atoms with E-state index in [1.165, 1.54) is 6.08 Å². The van der Waals surface area contributed by atoms with Crippen LogP contribution in [0.15, 0.2) is 18.5 Å². The molecule has 2 heterocycles. The van der Waals surface area contributed by atoms with E-state index in [4.69, 9.17) is 0 Å². The normalized spacial score (nSPS) is 19.8. The lowest BCUT2D eigenvalue weighted by atomic mass is 10.1. The lowest BCUT2D eigenvalue weighted by Crippen LogP contribution is -2.47. The summed E-state index contributed by atoms with van der Waals surface area (Å²) in [5, 5.41) is 9.58. The number of aromatic nitrogens is 2. The molecule has 1 aliphatic rings. The first-order valence-electron chi connectivity index (χ1n) is 5.87. The number of piperidine rings is 1. The second-order valence-electron chi connectivity index (χ2n) is 4.33.